The van der Waals surface area contributed by atoms with Gasteiger partial charge in [-0.2, -0.15) is 0 Å². The van der Waals surface area contributed by atoms with Crippen molar-refractivity contribution in [2.45, 2.75) is 39.2 Å². The van der Waals surface area contributed by atoms with E-state index in [9.17, 15) is 14.4 Å². The number of hydrogen-bond acceptors (Lipinski definition) is 4. The van der Waals surface area contributed by atoms with Crippen LogP contribution in [0.2, 0.25) is 0 Å². The Hall–Kier alpha value is -1.79. The molecule has 0 aliphatic heterocycles. The van der Waals surface area contributed by atoms with Crippen molar-refractivity contribution in [2.75, 3.05) is 13.2 Å². The van der Waals surface area contributed by atoms with E-state index in [1.54, 1.807) is 6.92 Å². The van der Waals surface area contributed by atoms with Gasteiger partial charge in [-0.05, 0) is 26.7 Å². The Morgan fingerprint density at radius 1 is 1.28 bits per heavy atom. The van der Waals surface area contributed by atoms with Crippen molar-refractivity contribution in [2.24, 2.45) is 0 Å². The van der Waals surface area contributed by atoms with Crippen molar-refractivity contribution in [1.82, 2.24) is 10.6 Å². The highest BCUT2D eigenvalue weighted by Crippen LogP contribution is 1.93. The van der Waals surface area contributed by atoms with Crippen LogP contribution in [0.5, 0.6) is 0 Å². The molecule has 0 saturated carbocycles. The summed E-state index contributed by atoms with van der Waals surface area (Å²) in [5.41, 5.74) is 0. The van der Waals surface area contributed by atoms with Gasteiger partial charge in [0.1, 0.15) is 6.04 Å². The minimum atomic E-state index is -0.851. The molecule has 0 aromatic heterocycles. The van der Waals surface area contributed by atoms with Gasteiger partial charge in [-0.3, -0.25) is 4.79 Å². The molecule has 104 valence electrons. The molecule has 0 aromatic rings. The summed E-state index contributed by atoms with van der Waals surface area (Å²) in [6.07, 6.45) is 1.17. The van der Waals surface area contributed by atoms with Gasteiger partial charge in [-0.1, -0.05) is 0 Å². The van der Waals surface area contributed by atoms with Crippen molar-refractivity contribution in [1.29, 1.82) is 0 Å². The van der Waals surface area contributed by atoms with Crippen LogP contribution in [0, 0.1) is 0 Å². The summed E-state index contributed by atoms with van der Waals surface area (Å²) in [5, 5.41) is 13.4. The number of rotatable bonds is 8. The molecule has 1 unspecified atom stereocenters. The Morgan fingerprint density at radius 2 is 1.94 bits per heavy atom. The van der Waals surface area contributed by atoms with Crippen LogP contribution in [0.3, 0.4) is 0 Å². The number of urea groups is 1. The second-order valence-corrected chi connectivity index (χ2v) is 3.72. The van der Waals surface area contributed by atoms with Gasteiger partial charge < -0.3 is 20.5 Å². The van der Waals surface area contributed by atoms with Crippen LogP contribution in [-0.2, 0) is 14.3 Å². The highest BCUT2D eigenvalue weighted by atomic mass is 16.5. The average Bonchev–Trinajstić information content (AvgIpc) is 2.28. The van der Waals surface area contributed by atoms with Crippen molar-refractivity contribution in [3.05, 3.63) is 0 Å². The second kappa shape index (κ2) is 9.26. The van der Waals surface area contributed by atoms with Crippen molar-refractivity contribution in [3.8, 4) is 0 Å². The first kappa shape index (κ1) is 16.2. The number of unbranched alkanes of at least 4 members (excludes halogenated alkanes) is 1. The SMILES string of the molecule is CCOC(=O)C(C)NC(=O)NCCCCC(=O)O. The van der Waals surface area contributed by atoms with Crippen LogP contribution in [0.15, 0.2) is 0 Å². The summed E-state index contributed by atoms with van der Waals surface area (Å²) in [6, 6.07) is -1.17. The van der Waals surface area contributed by atoms with Crippen LogP contribution in [0.4, 0.5) is 4.79 Å². The number of nitrogens with one attached hydrogen (secondary N) is 2. The molecule has 3 N–H and O–H groups in total. The van der Waals surface area contributed by atoms with Gasteiger partial charge in [-0.15, -0.1) is 0 Å². The molecule has 0 aliphatic carbocycles. The van der Waals surface area contributed by atoms with E-state index in [2.05, 4.69) is 10.6 Å². The van der Waals surface area contributed by atoms with E-state index in [4.69, 9.17) is 9.84 Å². The summed E-state index contributed by atoms with van der Waals surface area (Å²) in [4.78, 5) is 32.7. The third kappa shape index (κ3) is 8.37. The lowest BCUT2D eigenvalue weighted by atomic mass is 10.2. The van der Waals surface area contributed by atoms with Gasteiger partial charge in [0.05, 0.1) is 6.61 Å². The van der Waals surface area contributed by atoms with Crippen LogP contribution in [0.1, 0.15) is 33.1 Å². The summed E-state index contributed by atoms with van der Waals surface area (Å²) in [5.74, 6) is -1.34. The molecule has 0 spiro atoms. The van der Waals surface area contributed by atoms with Crippen molar-refractivity contribution < 1.29 is 24.2 Å². The number of amides is 2. The van der Waals surface area contributed by atoms with Gasteiger partial charge in [-0.25, -0.2) is 9.59 Å². The largest absolute Gasteiger partial charge is 0.481 e. The Labute approximate surface area is 106 Å². The molecular weight excluding hydrogens is 240 g/mol. The number of hydrogen-bond donors (Lipinski definition) is 3. The summed E-state index contributed by atoms with van der Waals surface area (Å²) < 4.78 is 4.73. The first-order valence-electron chi connectivity index (χ1n) is 5.90. The zero-order chi connectivity index (χ0) is 14.0. The molecule has 0 bridgehead atoms. The summed E-state index contributed by atoms with van der Waals surface area (Å²) in [6.45, 7) is 3.85. The number of carbonyl (C=O) groups excluding carboxylic acids is 2. The topological polar surface area (TPSA) is 105 Å². The Balaban J connectivity index is 3.64. The van der Waals surface area contributed by atoms with E-state index in [-0.39, 0.29) is 13.0 Å². The number of aliphatic carboxylic acids is 1. The Morgan fingerprint density at radius 3 is 2.50 bits per heavy atom. The minimum absolute atomic E-state index is 0.0858. The fourth-order valence-electron chi connectivity index (χ4n) is 1.18. The predicted molar refractivity (Wildman–Crippen MR) is 64.1 cm³/mol. The molecule has 0 rings (SSSR count). The van der Waals surface area contributed by atoms with E-state index >= 15 is 0 Å². The number of ether oxygens (including phenoxy) is 1. The smallest absolute Gasteiger partial charge is 0.328 e. The van der Waals surface area contributed by atoms with Crippen LogP contribution < -0.4 is 10.6 Å². The maximum Gasteiger partial charge on any atom is 0.328 e. The number of esters is 1. The molecule has 2 amide bonds. The van der Waals surface area contributed by atoms with Crippen molar-refractivity contribution in [3.63, 3.8) is 0 Å². The van der Waals surface area contributed by atoms with E-state index in [0.717, 1.165) is 0 Å². The molecule has 0 aliphatic rings. The third-order valence-electron chi connectivity index (χ3n) is 2.09. The van der Waals surface area contributed by atoms with E-state index < -0.39 is 24.0 Å². The molecule has 18 heavy (non-hydrogen) atoms. The summed E-state index contributed by atoms with van der Waals surface area (Å²) >= 11 is 0. The first-order chi connectivity index (χ1) is 8.47. The maximum absolute atomic E-state index is 11.3. The fourth-order valence-corrected chi connectivity index (χ4v) is 1.18. The lowest BCUT2D eigenvalue weighted by Crippen LogP contribution is -2.45. The lowest BCUT2D eigenvalue weighted by molar-refractivity contribution is -0.144. The van der Waals surface area contributed by atoms with Gasteiger partial charge in [0, 0.05) is 13.0 Å². The normalized spacial score (nSPS) is 11.4. The average molecular weight is 260 g/mol. The van der Waals surface area contributed by atoms with Gasteiger partial charge in [0.2, 0.25) is 0 Å². The summed E-state index contributed by atoms with van der Waals surface area (Å²) in [7, 11) is 0. The zero-order valence-corrected chi connectivity index (χ0v) is 10.7. The highest BCUT2D eigenvalue weighted by molar-refractivity contribution is 5.83. The number of carboxylic acids is 1. The van der Waals surface area contributed by atoms with Gasteiger partial charge in [0.25, 0.3) is 0 Å². The van der Waals surface area contributed by atoms with Crippen LogP contribution in [0.25, 0.3) is 0 Å². The Kier molecular flexibility index (Phi) is 8.34. The Bertz CT molecular complexity index is 293. The number of carboxylic acid groups (broad SMARTS) is 1. The zero-order valence-electron chi connectivity index (χ0n) is 10.7. The van der Waals surface area contributed by atoms with Crippen molar-refractivity contribution >= 4 is 18.0 Å². The van der Waals surface area contributed by atoms with Crippen LogP contribution in [-0.4, -0.2) is 42.3 Å². The predicted octanol–water partition coefficient (Wildman–Crippen LogP) is 0.492. The number of carbonyl (C=O) groups is 3. The molecule has 0 saturated heterocycles. The monoisotopic (exact) mass is 260 g/mol. The van der Waals surface area contributed by atoms with E-state index in [0.29, 0.717) is 19.4 Å². The molecule has 0 aromatic carbocycles. The molecule has 1 atom stereocenters. The van der Waals surface area contributed by atoms with Crippen LogP contribution >= 0.6 is 0 Å². The molecule has 7 nitrogen and oxygen atoms in total. The van der Waals surface area contributed by atoms with E-state index in [1.165, 1.54) is 6.92 Å². The van der Waals surface area contributed by atoms with Gasteiger partial charge in [0.15, 0.2) is 0 Å². The third-order valence-corrected chi connectivity index (χ3v) is 2.09. The quantitative estimate of drug-likeness (QED) is 0.435. The second-order valence-electron chi connectivity index (χ2n) is 3.72. The fraction of sp³-hybridized carbons (Fsp3) is 0.727. The molecule has 0 fully saturated rings. The maximum atomic E-state index is 11.3. The highest BCUT2D eigenvalue weighted by Gasteiger charge is 2.15. The molecule has 0 heterocycles. The minimum Gasteiger partial charge on any atom is -0.481 e. The van der Waals surface area contributed by atoms with E-state index in [1.807, 2.05) is 0 Å². The molecule has 0 radical (unpaired) electrons. The standard InChI is InChI=1S/C11H20N2O5/c1-3-18-10(16)8(2)13-11(17)12-7-5-4-6-9(14)15/h8H,3-7H2,1-2H3,(H,14,15)(H2,12,13,17). The first-order valence-corrected chi connectivity index (χ1v) is 5.90. The molecule has 7 heteroatoms. The van der Waals surface area contributed by atoms with Gasteiger partial charge >= 0.3 is 18.0 Å². The molecular formula is C11H20N2O5. The lowest BCUT2D eigenvalue weighted by Gasteiger charge is -2.13.